The van der Waals surface area contributed by atoms with Crippen LogP contribution < -0.4 is 15.5 Å². The summed E-state index contributed by atoms with van der Waals surface area (Å²) in [5.41, 5.74) is 2.01. The Kier molecular flexibility index (Phi) is 3.06. The van der Waals surface area contributed by atoms with Gasteiger partial charge in [0, 0.05) is 31.4 Å². The van der Waals surface area contributed by atoms with Crippen LogP contribution in [0.5, 0.6) is 0 Å². The molecule has 0 spiro atoms. The summed E-state index contributed by atoms with van der Waals surface area (Å²) in [7, 11) is 1.86. The van der Waals surface area contributed by atoms with E-state index in [0.717, 1.165) is 19.5 Å². The van der Waals surface area contributed by atoms with Crippen molar-refractivity contribution in [2.45, 2.75) is 18.9 Å². The van der Waals surface area contributed by atoms with Crippen LogP contribution in [-0.2, 0) is 11.2 Å². The number of amides is 1. The number of hydrogen-bond donors (Lipinski definition) is 2. The lowest BCUT2D eigenvalue weighted by atomic mass is 10.1. The van der Waals surface area contributed by atoms with E-state index in [2.05, 4.69) is 10.6 Å². The molecule has 1 fully saturated rings. The van der Waals surface area contributed by atoms with Crippen LogP contribution in [0.1, 0.15) is 12.0 Å². The highest BCUT2D eigenvalue weighted by atomic mass is 16.6. The molecule has 2 aliphatic heterocycles. The van der Waals surface area contributed by atoms with E-state index >= 15 is 0 Å². The number of carbonyl (C=O) groups excluding carboxylic acids is 1. The van der Waals surface area contributed by atoms with Crippen molar-refractivity contribution in [3.05, 3.63) is 27.8 Å². The monoisotopic (exact) mass is 276 g/mol. The quantitative estimate of drug-likeness (QED) is 0.632. The molecule has 0 saturated carbocycles. The van der Waals surface area contributed by atoms with E-state index in [4.69, 9.17) is 0 Å². The molecule has 1 aromatic carbocycles. The zero-order valence-corrected chi connectivity index (χ0v) is 11.2. The topological polar surface area (TPSA) is 87.5 Å². The van der Waals surface area contributed by atoms with E-state index in [0.29, 0.717) is 16.9 Å². The van der Waals surface area contributed by atoms with Gasteiger partial charge in [0.2, 0.25) is 5.91 Å². The van der Waals surface area contributed by atoms with Gasteiger partial charge in [0.1, 0.15) is 5.69 Å². The van der Waals surface area contributed by atoms with Crippen molar-refractivity contribution in [3.8, 4) is 0 Å². The lowest BCUT2D eigenvalue weighted by Gasteiger charge is -2.26. The minimum Gasteiger partial charge on any atom is -0.365 e. The van der Waals surface area contributed by atoms with Crippen molar-refractivity contribution >= 4 is 23.0 Å². The number of anilines is 2. The molecule has 0 bridgehead atoms. The highest BCUT2D eigenvalue weighted by molar-refractivity contribution is 6.00. The molecule has 2 heterocycles. The normalized spacial score (nSPS) is 20.6. The van der Waals surface area contributed by atoms with Crippen LogP contribution in [0.3, 0.4) is 0 Å². The first-order valence-corrected chi connectivity index (χ1v) is 6.61. The van der Waals surface area contributed by atoms with Crippen molar-refractivity contribution < 1.29 is 9.72 Å². The molecular weight excluding hydrogens is 260 g/mol. The van der Waals surface area contributed by atoms with E-state index < -0.39 is 0 Å². The number of hydrogen-bond acceptors (Lipinski definition) is 5. The Bertz CT molecular complexity index is 581. The zero-order valence-electron chi connectivity index (χ0n) is 11.2. The van der Waals surface area contributed by atoms with E-state index in [1.165, 1.54) is 6.07 Å². The summed E-state index contributed by atoms with van der Waals surface area (Å²) >= 11 is 0. The summed E-state index contributed by atoms with van der Waals surface area (Å²) < 4.78 is 0. The number of fused-ring (bicyclic) bond motifs is 1. The number of nitro groups is 1. The summed E-state index contributed by atoms with van der Waals surface area (Å²) in [4.78, 5) is 24.3. The number of nitrogens with one attached hydrogen (secondary N) is 2. The second kappa shape index (κ2) is 4.75. The van der Waals surface area contributed by atoms with Crippen molar-refractivity contribution in [1.29, 1.82) is 0 Å². The second-order valence-electron chi connectivity index (χ2n) is 5.24. The molecule has 0 radical (unpaired) electrons. The Morgan fingerprint density at radius 3 is 2.90 bits per heavy atom. The average Bonchev–Trinajstić information content (AvgIpc) is 3.03. The molecular formula is C13H16N4O3. The predicted molar refractivity (Wildman–Crippen MR) is 75.1 cm³/mol. The third-order valence-electron chi connectivity index (χ3n) is 3.98. The predicted octanol–water partition coefficient (Wildman–Crippen LogP) is 0.887. The van der Waals surface area contributed by atoms with E-state index in [1.807, 2.05) is 11.9 Å². The van der Waals surface area contributed by atoms with Crippen LogP contribution in [0.15, 0.2) is 12.1 Å². The Hall–Kier alpha value is -2.15. The summed E-state index contributed by atoms with van der Waals surface area (Å²) in [5.74, 6) is -0.114. The third-order valence-corrected chi connectivity index (χ3v) is 3.98. The van der Waals surface area contributed by atoms with Crippen molar-refractivity contribution in [2.24, 2.45) is 0 Å². The molecule has 3 rings (SSSR count). The minimum atomic E-state index is -0.378. The second-order valence-corrected chi connectivity index (χ2v) is 5.24. The molecule has 1 atom stereocenters. The molecule has 7 heteroatoms. The maximum absolute atomic E-state index is 11.4. The largest absolute Gasteiger partial charge is 0.365 e. The van der Waals surface area contributed by atoms with Crippen LogP contribution in [0.2, 0.25) is 0 Å². The molecule has 2 aliphatic rings. The molecule has 106 valence electrons. The fourth-order valence-electron chi connectivity index (χ4n) is 2.85. The van der Waals surface area contributed by atoms with Crippen LogP contribution in [0.25, 0.3) is 0 Å². The van der Waals surface area contributed by atoms with Crippen molar-refractivity contribution in [1.82, 2.24) is 5.32 Å². The van der Waals surface area contributed by atoms with Crippen LogP contribution in [0, 0.1) is 10.1 Å². The van der Waals surface area contributed by atoms with Gasteiger partial charge in [-0.2, -0.15) is 0 Å². The fraction of sp³-hybridized carbons (Fsp3) is 0.462. The van der Waals surface area contributed by atoms with Crippen molar-refractivity contribution in [2.75, 3.05) is 30.4 Å². The lowest BCUT2D eigenvalue weighted by molar-refractivity contribution is -0.384. The van der Waals surface area contributed by atoms with Gasteiger partial charge in [-0.15, -0.1) is 0 Å². The van der Waals surface area contributed by atoms with E-state index in [-0.39, 0.29) is 29.0 Å². The van der Waals surface area contributed by atoms with Gasteiger partial charge in [-0.1, -0.05) is 0 Å². The molecule has 1 unspecified atom stereocenters. The first kappa shape index (κ1) is 12.9. The van der Waals surface area contributed by atoms with Crippen molar-refractivity contribution in [3.63, 3.8) is 0 Å². The molecule has 20 heavy (non-hydrogen) atoms. The van der Waals surface area contributed by atoms with Gasteiger partial charge >= 0.3 is 0 Å². The highest BCUT2D eigenvalue weighted by Gasteiger charge is 2.29. The molecule has 1 aromatic rings. The molecule has 1 saturated heterocycles. The number of carbonyl (C=O) groups is 1. The first-order chi connectivity index (χ1) is 9.56. The van der Waals surface area contributed by atoms with Gasteiger partial charge in [0.25, 0.3) is 5.69 Å². The van der Waals surface area contributed by atoms with E-state index in [1.54, 1.807) is 6.07 Å². The van der Waals surface area contributed by atoms with Gasteiger partial charge in [-0.25, -0.2) is 0 Å². The summed E-state index contributed by atoms with van der Waals surface area (Å²) in [6.07, 6.45) is 1.17. The third kappa shape index (κ3) is 2.09. The molecule has 0 aliphatic carbocycles. The number of benzene rings is 1. The van der Waals surface area contributed by atoms with E-state index in [9.17, 15) is 14.9 Å². The minimum absolute atomic E-state index is 0.0645. The first-order valence-electron chi connectivity index (χ1n) is 6.61. The lowest BCUT2D eigenvalue weighted by Crippen LogP contribution is -2.33. The number of likely N-dealkylation sites (N-methyl/N-ethyl adjacent to an activating group) is 1. The smallest absolute Gasteiger partial charge is 0.292 e. The summed E-state index contributed by atoms with van der Waals surface area (Å²) in [6.45, 7) is 1.74. The maximum Gasteiger partial charge on any atom is 0.292 e. The van der Waals surface area contributed by atoms with Crippen LogP contribution in [0.4, 0.5) is 17.1 Å². The average molecular weight is 276 g/mol. The summed E-state index contributed by atoms with van der Waals surface area (Å²) in [6, 6.07) is 3.47. The molecule has 0 aromatic heterocycles. The Morgan fingerprint density at radius 1 is 1.45 bits per heavy atom. The number of nitrogens with zero attached hydrogens (tertiary/aromatic N) is 2. The standard InChI is InChI=1S/C13H16N4O3/c1-16(9-2-3-14-7-9)11-6-10-8(5-13(18)15-10)4-12(11)17(19)20/h4,6,9,14H,2-3,5,7H2,1H3,(H,15,18). The Morgan fingerprint density at radius 2 is 2.25 bits per heavy atom. The number of nitro benzene ring substituents is 1. The zero-order chi connectivity index (χ0) is 14.3. The molecule has 1 amide bonds. The van der Waals surface area contributed by atoms with Gasteiger partial charge in [-0.3, -0.25) is 14.9 Å². The molecule has 2 N–H and O–H groups in total. The van der Waals surface area contributed by atoms with Gasteiger partial charge in [0.05, 0.1) is 11.3 Å². The Balaban J connectivity index is 2.02. The SMILES string of the molecule is CN(c1cc2c(cc1[N+](=O)[O-])CC(=O)N2)C1CCNC1. The highest BCUT2D eigenvalue weighted by Crippen LogP contribution is 2.37. The van der Waals surface area contributed by atoms with Crippen LogP contribution >= 0.6 is 0 Å². The van der Waals surface area contributed by atoms with Gasteiger partial charge in [-0.05, 0) is 24.6 Å². The van der Waals surface area contributed by atoms with Crippen LogP contribution in [-0.4, -0.2) is 37.0 Å². The molecule has 7 nitrogen and oxygen atoms in total. The maximum atomic E-state index is 11.4. The fourth-order valence-corrected chi connectivity index (χ4v) is 2.85. The number of rotatable bonds is 3. The summed E-state index contributed by atoms with van der Waals surface area (Å²) in [5, 5.41) is 17.3. The Labute approximate surface area is 116 Å². The van der Waals surface area contributed by atoms with Gasteiger partial charge < -0.3 is 15.5 Å². The van der Waals surface area contributed by atoms with Gasteiger partial charge in [0.15, 0.2) is 0 Å².